The standard InChI is InChI=1S/C23H20N6O2/c1-13-18(11-24)20(14-5-3-7-16(9-14)22(30)27-2)19(12-25)21(28-13)15-6-4-8-17(10-15)29-23(26)31/h3-10,20,28H,1-2H3,(H,27,30)(H3,26,29,31). The molecule has 31 heavy (non-hydrogen) atoms. The molecule has 3 rings (SSSR count). The minimum Gasteiger partial charge on any atom is -0.357 e. The number of carbonyl (C=O) groups excluding carboxylic acids is 2. The van der Waals surface area contributed by atoms with Crippen molar-refractivity contribution in [3.8, 4) is 12.1 Å². The minimum atomic E-state index is -0.699. The molecule has 3 amide bonds. The van der Waals surface area contributed by atoms with Crippen LogP contribution in [-0.2, 0) is 0 Å². The van der Waals surface area contributed by atoms with E-state index in [4.69, 9.17) is 5.73 Å². The number of hydrogen-bond donors (Lipinski definition) is 4. The molecule has 0 saturated heterocycles. The van der Waals surface area contributed by atoms with Crippen LogP contribution in [0.2, 0.25) is 0 Å². The first-order valence-corrected chi connectivity index (χ1v) is 9.40. The summed E-state index contributed by atoms with van der Waals surface area (Å²) in [5.41, 5.74) is 9.24. The molecule has 0 spiro atoms. The van der Waals surface area contributed by atoms with Gasteiger partial charge in [0.25, 0.3) is 5.91 Å². The fraction of sp³-hybridized carbons (Fsp3) is 0.130. The summed E-state index contributed by atoms with van der Waals surface area (Å²) in [5.74, 6) is -0.911. The Bertz CT molecular complexity index is 1210. The molecule has 0 radical (unpaired) electrons. The predicted molar refractivity (Wildman–Crippen MR) is 116 cm³/mol. The van der Waals surface area contributed by atoms with E-state index in [1.54, 1.807) is 55.5 Å². The molecular formula is C23H20N6O2. The maximum absolute atomic E-state index is 12.1. The van der Waals surface area contributed by atoms with Crippen LogP contribution in [0.3, 0.4) is 0 Å². The summed E-state index contributed by atoms with van der Waals surface area (Å²) in [5, 5.41) is 28.1. The molecule has 1 aliphatic heterocycles. The number of primary amides is 1. The van der Waals surface area contributed by atoms with Gasteiger partial charge in [0.1, 0.15) is 0 Å². The van der Waals surface area contributed by atoms with Crippen LogP contribution >= 0.6 is 0 Å². The lowest BCUT2D eigenvalue weighted by molar-refractivity contribution is 0.0963. The summed E-state index contributed by atoms with van der Waals surface area (Å²) >= 11 is 0. The topological polar surface area (TPSA) is 144 Å². The van der Waals surface area contributed by atoms with Gasteiger partial charge in [-0.3, -0.25) is 4.79 Å². The number of amides is 3. The smallest absolute Gasteiger partial charge is 0.316 e. The number of carbonyl (C=O) groups is 2. The van der Waals surface area contributed by atoms with Crippen molar-refractivity contribution < 1.29 is 9.59 Å². The number of nitrogens with one attached hydrogen (secondary N) is 3. The van der Waals surface area contributed by atoms with E-state index in [0.717, 1.165) is 0 Å². The van der Waals surface area contributed by atoms with Crippen molar-refractivity contribution >= 4 is 23.3 Å². The molecule has 1 aliphatic rings. The van der Waals surface area contributed by atoms with Crippen LogP contribution in [-0.4, -0.2) is 19.0 Å². The van der Waals surface area contributed by atoms with E-state index in [2.05, 4.69) is 28.1 Å². The van der Waals surface area contributed by atoms with E-state index in [1.807, 2.05) is 0 Å². The highest BCUT2D eigenvalue weighted by atomic mass is 16.2. The van der Waals surface area contributed by atoms with Gasteiger partial charge in [-0.1, -0.05) is 24.3 Å². The third-order valence-corrected chi connectivity index (χ3v) is 4.93. The molecule has 1 unspecified atom stereocenters. The number of anilines is 1. The van der Waals surface area contributed by atoms with Gasteiger partial charge in [0.2, 0.25) is 0 Å². The zero-order valence-electron chi connectivity index (χ0n) is 17.0. The molecule has 1 heterocycles. The van der Waals surface area contributed by atoms with E-state index < -0.39 is 11.9 Å². The first-order valence-electron chi connectivity index (χ1n) is 9.40. The van der Waals surface area contributed by atoms with Crippen LogP contribution in [0.1, 0.15) is 34.3 Å². The second-order valence-electron chi connectivity index (χ2n) is 6.88. The Morgan fingerprint density at radius 3 is 2.42 bits per heavy atom. The Morgan fingerprint density at radius 2 is 1.77 bits per heavy atom. The van der Waals surface area contributed by atoms with Gasteiger partial charge in [0, 0.05) is 29.6 Å². The summed E-state index contributed by atoms with van der Waals surface area (Å²) < 4.78 is 0. The number of benzene rings is 2. The van der Waals surface area contributed by atoms with Gasteiger partial charge in [0.05, 0.1) is 34.9 Å². The number of nitrogens with two attached hydrogens (primary N) is 1. The zero-order chi connectivity index (χ0) is 22.5. The van der Waals surface area contributed by atoms with Crippen LogP contribution in [0.25, 0.3) is 5.70 Å². The molecule has 2 aromatic rings. The van der Waals surface area contributed by atoms with Crippen LogP contribution in [0.4, 0.5) is 10.5 Å². The normalized spacial score (nSPS) is 15.4. The summed E-state index contributed by atoms with van der Waals surface area (Å²) in [4.78, 5) is 23.3. The number of nitrogens with zero attached hydrogens (tertiary/aromatic N) is 2. The first kappa shape index (κ1) is 21.2. The average Bonchev–Trinajstić information content (AvgIpc) is 2.77. The van der Waals surface area contributed by atoms with E-state index in [1.165, 1.54) is 7.05 Å². The van der Waals surface area contributed by atoms with Gasteiger partial charge in [-0.05, 0) is 36.8 Å². The van der Waals surface area contributed by atoms with Gasteiger partial charge >= 0.3 is 6.03 Å². The van der Waals surface area contributed by atoms with Crippen molar-refractivity contribution in [2.75, 3.05) is 12.4 Å². The van der Waals surface area contributed by atoms with Gasteiger partial charge in [-0.25, -0.2) is 4.79 Å². The number of rotatable bonds is 4. The Balaban J connectivity index is 2.19. The van der Waals surface area contributed by atoms with E-state index in [0.29, 0.717) is 44.9 Å². The second-order valence-corrected chi connectivity index (χ2v) is 6.88. The fourth-order valence-electron chi connectivity index (χ4n) is 3.56. The van der Waals surface area contributed by atoms with Crippen LogP contribution in [0.5, 0.6) is 0 Å². The van der Waals surface area contributed by atoms with Crippen molar-refractivity contribution in [2.24, 2.45) is 5.73 Å². The largest absolute Gasteiger partial charge is 0.357 e. The third-order valence-electron chi connectivity index (χ3n) is 4.93. The molecule has 0 aromatic heterocycles. The quantitative estimate of drug-likeness (QED) is 0.610. The van der Waals surface area contributed by atoms with Crippen LogP contribution < -0.4 is 21.7 Å². The number of allylic oxidation sites excluding steroid dienone is 3. The number of hydrogen-bond acceptors (Lipinski definition) is 5. The van der Waals surface area contributed by atoms with Crippen LogP contribution in [0, 0.1) is 22.7 Å². The third kappa shape index (κ3) is 4.24. The maximum Gasteiger partial charge on any atom is 0.316 e. The molecule has 0 saturated carbocycles. The Labute approximate surface area is 179 Å². The predicted octanol–water partition coefficient (Wildman–Crippen LogP) is 2.96. The molecule has 154 valence electrons. The van der Waals surface area contributed by atoms with Gasteiger partial charge < -0.3 is 21.7 Å². The van der Waals surface area contributed by atoms with Gasteiger partial charge in [-0.2, -0.15) is 10.5 Å². The van der Waals surface area contributed by atoms with Gasteiger partial charge in [0.15, 0.2) is 0 Å². The summed E-state index contributed by atoms with van der Waals surface area (Å²) in [6.45, 7) is 1.76. The highest BCUT2D eigenvalue weighted by molar-refractivity contribution is 5.94. The zero-order valence-corrected chi connectivity index (χ0v) is 17.0. The molecule has 2 aromatic carbocycles. The minimum absolute atomic E-state index is 0.261. The highest BCUT2D eigenvalue weighted by Gasteiger charge is 2.31. The molecule has 8 nitrogen and oxygen atoms in total. The monoisotopic (exact) mass is 412 g/mol. The lowest BCUT2D eigenvalue weighted by Gasteiger charge is -2.28. The molecule has 8 heteroatoms. The lowest BCUT2D eigenvalue weighted by Crippen LogP contribution is -2.25. The van der Waals surface area contributed by atoms with E-state index >= 15 is 0 Å². The van der Waals surface area contributed by atoms with E-state index in [-0.39, 0.29) is 5.91 Å². The molecule has 0 aliphatic carbocycles. The summed E-state index contributed by atoms with van der Waals surface area (Å²) in [7, 11) is 1.54. The summed E-state index contributed by atoms with van der Waals surface area (Å²) in [6, 6.07) is 17.5. The average molecular weight is 412 g/mol. The first-order chi connectivity index (χ1) is 14.9. The molecule has 5 N–H and O–H groups in total. The molecule has 0 fully saturated rings. The highest BCUT2D eigenvalue weighted by Crippen LogP contribution is 2.40. The number of urea groups is 1. The van der Waals surface area contributed by atoms with Crippen molar-refractivity contribution in [3.05, 3.63) is 82.1 Å². The van der Waals surface area contributed by atoms with Crippen molar-refractivity contribution in [1.29, 1.82) is 10.5 Å². The Hall–Kier alpha value is -4.56. The lowest BCUT2D eigenvalue weighted by atomic mass is 9.80. The van der Waals surface area contributed by atoms with Gasteiger partial charge in [-0.15, -0.1) is 0 Å². The van der Waals surface area contributed by atoms with Crippen molar-refractivity contribution in [2.45, 2.75) is 12.8 Å². The van der Waals surface area contributed by atoms with Crippen molar-refractivity contribution in [3.63, 3.8) is 0 Å². The molecular weight excluding hydrogens is 392 g/mol. The molecule has 1 atom stereocenters. The number of nitriles is 2. The second kappa shape index (κ2) is 8.85. The maximum atomic E-state index is 12.1. The number of dihydropyridines is 1. The fourth-order valence-corrected chi connectivity index (χ4v) is 3.56. The van der Waals surface area contributed by atoms with E-state index in [9.17, 15) is 20.1 Å². The van der Waals surface area contributed by atoms with Crippen LogP contribution in [0.15, 0.2) is 65.4 Å². The van der Waals surface area contributed by atoms with Crippen molar-refractivity contribution in [1.82, 2.24) is 10.6 Å². The SMILES string of the molecule is CNC(=O)c1cccc(C2C(C#N)=C(C)NC(c3cccc(NC(N)=O)c3)=C2C#N)c1. The summed E-state index contributed by atoms with van der Waals surface area (Å²) in [6.07, 6.45) is 0. The Kier molecular flexibility index (Phi) is 6.04. The Morgan fingerprint density at radius 1 is 1.06 bits per heavy atom. The molecule has 0 bridgehead atoms.